The van der Waals surface area contributed by atoms with Gasteiger partial charge in [-0.05, 0) is 73.4 Å². The smallest absolute Gasteiger partial charge is 0.335 e. The van der Waals surface area contributed by atoms with Gasteiger partial charge in [0.25, 0.3) is 6.01 Å². The summed E-state index contributed by atoms with van der Waals surface area (Å²) in [5.41, 5.74) is 4.31. The highest BCUT2D eigenvalue weighted by atomic mass is 16.7. The topological polar surface area (TPSA) is 114 Å². The molecule has 1 aliphatic heterocycles. The summed E-state index contributed by atoms with van der Waals surface area (Å²) in [6, 6.07) is 19.7. The Morgan fingerprint density at radius 2 is 1.95 bits per heavy atom. The van der Waals surface area contributed by atoms with E-state index in [0.717, 1.165) is 29.7 Å². The molecule has 9 nitrogen and oxygen atoms in total. The molecular weight excluding hydrogens is 486 g/mol. The summed E-state index contributed by atoms with van der Waals surface area (Å²) < 4.78 is 17.5. The monoisotopic (exact) mass is 515 g/mol. The maximum Gasteiger partial charge on any atom is 0.335 e. The first kappa shape index (κ1) is 25.3. The fraction of sp³-hybridized carbons (Fsp3) is 0.276. The van der Waals surface area contributed by atoms with Crippen molar-refractivity contribution in [2.75, 3.05) is 19.0 Å². The number of nitrogens with zero attached hydrogens (tertiary/aromatic N) is 2. The van der Waals surface area contributed by atoms with Crippen molar-refractivity contribution < 1.29 is 28.6 Å². The van der Waals surface area contributed by atoms with Gasteiger partial charge in [0.05, 0.1) is 18.0 Å². The minimum Gasteiger partial charge on any atom is -0.478 e. The van der Waals surface area contributed by atoms with E-state index in [1.54, 1.807) is 17.0 Å². The maximum atomic E-state index is 13.3. The van der Waals surface area contributed by atoms with Gasteiger partial charge >= 0.3 is 5.97 Å². The molecule has 0 spiro atoms. The van der Waals surface area contributed by atoms with E-state index in [2.05, 4.69) is 10.3 Å². The average Bonchev–Trinajstić information content (AvgIpc) is 3.56. The van der Waals surface area contributed by atoms with Gasteiger partial charge in [0.1, 0.15) is 11.3 Å². The molecule has 1 aromatic heterocycles. The number of para-hydroxylation sites is 1. The van der Waals surface area contributed by atoms with Gasteiger partial charge in [-0.1, -0.05) is 24.3 Å². The number of carboxylic acids is 1. The summed E-state index contributed by atoms with van der Waals surface area (Å²) >= 11 is 0. The number of hydrogen-bond acceptors (Lipinski definition) is 7. The van der Waals surface area contributed by atoms with Crippen LogP contribution in [0.3, 0.4) is 0 Å². The molecule has 0 bridgehead atoms. The number of aromatic carboxylic acids is 1. The Labute approximate surface area is 220 Å². The first-order valence-electron chi connectivity index (χ1n) is 12.5. The summed E-state index contributed by atoms with van der Waals surface area (Å²) in [6.07, 6.45) is 1.11. The third kappa shape index (κ3) is 5.47. The number of anilines is 2. The first-order chi connectivity index (χ1) is 18.4. The Kier molecular flexibility index (Phi) is 7.28. The minimum atomic E-state index is -1.00. The highest BCUT2D eigenvalue weighted by Gasteiger charge is 2.36. The molecule has 2 heterocycles. The van der Waals surface area contributed by atoms with Gasteiger partial charge in [0.15, 0.2) is 5.58 Å². The number of ether oxygens (including phenoxy) is 2. The van der Waals surface area contributed by atoms with Gasteiger partial charge in [0, 0.05) is 19.3 Å². The summed E-state index contributed by atoms with van der Waals surface area (Å²) in [5.74, 6) is -0.557. The van der Waals surface area contributed by atoms with Crippen molar-refractivity contribution in [3.63, 3.8) is 0 Å². The Bertz CT molecular complexity index is 1450. The molecule has 9 heteroatoms. The number of carbonyl (C=O) groups excluding carboxylic acids is 1. The zero-order valence-corrected chi connectivity index (χ0v) is 21.2. The van der Waals surface area contributed by atoms with Crippen LogP contribution >= 0.6 is 0 Å². The van der Waals surface area contributed by atoms with E-state index in [4.69, 9.17) is 19.0 Å². The number of oxazole rings is 1. The molecule has 0 radical (unpaired) electrons. The largest absolute Gasteiger partial charge is 0.478 e. The lowest BCUT2D eigenvalue weighted by molar-refractivity contribution is -0.143. The Hall–Kier alpha value is -4.37. The molecule has 0 aliphatic carbocycles. The molecule has 1 fully saturated rings. The molecule has 2 atom stereocenters. The van der Waals surface area contributed by atoms with E-state index in [0.29, 0.717) is 29.4 Å². The van der Waals surface area contributed by atoms with E-state index in [-0.39, 0.29) is 23.9 Å². The lowest BCUT2D eigenvalue weighted by atomic mass is 10.1. The predicted octanol–water partition coefficient (Wildman–Crippen LogP) is 5.16. The van der Waals surface area contributed by atoms with Crippen molar-refractivity contribution in [2.45, 2.75) is 38.5 Å². The fourth-order valence-corrected chi connectivity index (χ4v) is 4.72. The number of aryl methyl sites for hydroxylation is 1. The van der Waals surface area contributed by atoms with Crippen molar-refractivity contribution in [1.82, 2.24) is 9.88 Å². The number of carboxylic acid groups (broad SMARTS) is 1. The number of fused-ring (bicyclic) bond motifs is 1. The van der Waals surface area contributed by atoms with Crippen molar-refractivity contribution in [3.8, 4) is 5.75 Å². The molecule has 1 unspecified atom stereocenters. The van der Waals surface area contributed by atoms with Gasteiger partial charge in [-0.2, -0.15) is 4.98 Å². The second-order valence-corrected chi connectivity index (χ2v) is 9.29. The molecule has 38 heavy (non-hydrogen) atoms. The third-order valence-corrected chi connectivity index (χ3v) is 6.71. The van der Waals surface area contributed by atoms with Crippen LogP contribution in [-0.2, 0) is 16.0 Å². The second kappa shape index (κ2) is 10.9. The number of methoxy groups -OCH3 is 1. The predicted molar refractivity (Wildman–Crippen MR) is 142 cm³/mol. The van der Waals surface area contributed by atoms with Crippen molar-refractivity contribution >= 4 is 34.7 Å². The van der Waals surface area contributed by atoms with Gasteiger partial charge in [0.2, 0.25) is 12.2 Å². The quantitative estimate of drug-likeness (QED) is 0.294. The molecular formula is C29H29N3O6. The number of rotatable bonds is 9. The van der Waals surface area contributed by atoms with Gasteiger partial charge in [-0.25, -0.2) is 4.79 Å². The highest BCUT2D eigenvalue weighted by molar-refractivity contribution is 5.87. The lowest BCUT2D eigenvalue weighted by Gasteiger charge is -2.31. The van der Waals surface area contributed by atoms with Crippen LogP contribution in [0.1, 0.15) is 34.3 Å². The van der Waals surface area contributed by atoms with E-state index in [1.165, 1.54) is 19.2 Å². The van der Waals surface area contributed by atoms with Crippen molar-refractivity contribution in [2.24, 2.45) is 0 Å². The summed E-state index contributed by atoms with van der Waals surface area (Å²) in [4.78, 5) is 30.7. The average molecular weight is 516 g/mol. The zero-order valence-electron chi connectivity index (χ0n) is 21.2. The highest BCUT2D eigenvalue weighted by Crippen LogP contribution is 2.28. The van der Waals surface area contributed by atoms with E-state index in [1.807, 2.05) is 49.4 Å². The van der Waals surface area contributed by atoms with E-state index >= 15 is 0 Å². The number of hydrogen-bond donors (Lipinski definition) is 2. The molecule has 5 rings (SSSR count). The standard InChI is InChI=1S/C29H29N3O6/c1-18-6-3-4-7-22(18)30-29-31-23-14-9-19(16-25(23)38-29)17-26(33)32-15-5-8-24(32)28(36-2)37-21-12-10-20(11-13-21)27(34)35/h3-4,6-7,9-14,16,24,28H,5,8,15,17H2,1-2H3,(H,30,31)(H,34,35)/t24-,28?/m1/s1. The number of likely N-dealkylation sites (tertiary alicyclic amines) is 1. The molecule has 4 aromatic rings. The van der Waals surface area contributed by atoms with Crippen LogP contribution < -0.4 is 10.1 Å². The van der Waals surface area contributed by atoms with E-state index in [9.17, 15) is 9.59 Å². The SMILES string of the molecule is COC(Oc1ccc(C(=O)O)cc1)[C@H]1CCCN1C(=O)Cc1ccc2nc(Nc3ccccc3C)oc2c1. The Morgan fingerprint density at radius 3 is 2.68 bits per heavy atom. The van der Waals surface area contributed by atoms with Crippen LogP contribution in [0, 0.1) is 6.92 Å². The number of benzene rings is 3. The van der Waals surface area contributed by atoms with Crippen LogP contribution in [0.2, 0.25) is 0 Å². The van der Waals surface area contributed by atoms with Crippen LogP contribution in [0.5, 0.6) is 5.75 Å². The molecule has 2 N–H and O–H groups in total. The zero-order chi connectivity index (χ0) is 26.6. The van der Waals surface area contributed by atoms with Crippen LogP contribution in [0.15, 0.2) is 71.1 Å². The van der Waals surface area contributed by atoms with Crippen molar-refractivity contribution in [3.05, 3.63) is 83.4 Å². The molecule has 1 saturated heterocycles. The third-order valence-electron chi connectivity index (χ3n) is 6.71. The number of nitrogens with one attached hydrogen (secondary N) is 1. The van der Waals surface area contributed by atoms with Gasteiger partial charge in [-0.3, -0.25) is 4.79 Å². The molecule has 196 valence electrons. The second-order valence-electron chi connectivity index (χ2n) is 9.29. The van der Waals surface area contributed by atoms with Gasteiger partial charge in [-0.15, -0.1) is 0 Å². The fourth-order valence-electron chi connectivity index (χ4n) is 4.72. The van der Waals surface area contributed by atoms with Crippen LogP contribution in [-0.4, -0.2) is 52.9 Å². The molecule has 1 amide bonds. The molecule has 3 aromatic carbocycles. The molecule has 0 saturated carbocycles. The normalized spacial score (nSPS) is 15.9. The molecule has 1 aliphatic rings. The van der Waals surface area contributed by atoms with Crippen LogP contribution in [0.25, 0.3) is 11.1 Å². The summed E-state index contributed by atoms with van der Waals surface area (Å²) in [7, 11) is 1.54. The number of aromatic nitrogens is 1. The lowest BCUT2D eigenvalue weighted by Crippen LogP contribution is -2.46. The van der Waals surface area contributed by atoms with Crippen molar-refractivity contribution in [1.29, 1.82) is 0 Å². The minimum absolute atomic E-state index is 0.0310. The Balaban J connectivity index is 1.26. The maximum absolute atomic E-state index is 13.3. The summed E-state index contributed by atoms with van der Waals surface area (Å²) in [6.45, 7) is 2.62. The van der Waals surface area contributed by atoms with E-state index < -0.39 is 12.3 Å². The Morgan fingerprint density at radius 1 is 1.16 bits per heavy atom. The first-order valence-corrected chi connectivity index (χ1v) is 12.5. The van der Waals surface area contributed by atoms with Gasteiger partial charge < -0.3 is 29.2 Å². The van der Waals surface area contributed by atoms with Crippen LogP contribution in [0.4, 0.5) is 11.7 Å². The summed E-state index contributed by atoms with van der Waals surface area (Å²) in [5, 5.41) is 12.3. The number of carbonyl (C=O) groups is 2. The number of amides is 1.